The van der Waals surface area contributed by atoms with Gasteiger partial charge in [-0.25, -0.2) is 8.42 Å². The van der Waals surface area contributed by atoms with E-state index in [1.807, 2.05) is 48.5 Å². The van der Waals surface area contributed by atoms with E-state index in [1.54, 1.807) is 31.2 Å². The average molecular weight is 472 g/mol. The van der Waals surface area contributed by atoms with Crippen molar-refractivity contribution in [1.82, 2.24) is 14.1 Å². The Balaban J connectivity index is 1.60. The van der Waals surface area contributed by atoms with Crippen molar-refractivity contribution in [2.24, 2.45) is 5.41 Å². The molecule has 1 fully saturated rings. The molecule has 0 unspecified atom stereocenters. The van der Waals surface area contributed by atoms with E-state index in [4.69, 9.17) is 14.2 Å². The number of methoxy groups -OCH3 is 2. The van der Waals surface area contributed by atoms with Crippen molar-refractivity contribution >= 4 is 10.0 Å². The van der Waals surface area contributed by atoms with Crippen molar-refractivity contribution in [1.29, 1.82) is 0 Å². The van der Waals surface area contributed by atoms with Gasteiger partial charge in [0.05, 0.1) is 34.0 Å². The van der Waals surface area contributed by atoms with Crippen LogP contribution in [-0.2, 0) is 34.4 Å². The van der Waals surface area contributed by atoms with Crippen LogP contribution in [0.3, 0.4) is 0 Å². The molecule has 8 nitrogen and oxygen atoms in total. The van der Waals surface area contributed by atoms with E-state index < -0.39 is 10.0 Å². The zero-order chi connectivity index (χ0) is 23.5. The number of hydrogen-bond acceptors (Lipinski definition) is 6. The highest BCUT2D eigenvalue weighted by molar-refractivity contribution is 7.89. The highest BCUT2D eigenvalue weighted by atomic mass is 32.2. The molecule has 0 atom stereocenters. The van der Waals surface area contributed by atoms with Gasteiger partial charge in [-0.1, -0.05) is 31.2 Å². The van der Waals surface area contributed by atoms with Crippen molar-refractivity contribution in [3.05, 3.63) is 71.9 Å². The molecule has 3 aromatic rings. The fourth-order valence-electron chi connectivity index (χ4n) is 3.73. The van der Waals surface area contributed by atoms with Crippen LogP contribution in [0.1, 0.15) is 18.1 Å². The van der Waals surface area contributed by atoms with Gasteiger partial charge in [0.15, 0.2) is 5.03 Å². The summed E-state index contributed by atoms with van der Waals surface area (Å²) < 4.78 is 46.1. The molecule has 0 radical (unpaired) electrons. The summed E-state index contributed by atoms with van der Waals surface area (Å²) in [6.07, 6.45) is 1.72. The molecule has 9 heteroatoms. The highest BCUT2D eigenvalue weighted by Crippen LogP contribution is 2.29. The minimum absolute atomic E-state index is 0.0150. The first kappa shape index (κ1) is 23.3. The first-order valence-electron chi connectivity index (χ1n) is 10.7. The van der Waals surface area contributed by atoms with Gasteiger partial charge in [-0.05, 0) is 41.5 Å². The van der Waals surface area contributed by atoms with Gasteiger partial charge in [-0.3, -0.25) is 4.68 Å². The second-order valence-electron chi connectivity index (χ2n) is 8.62. The topological polar surface area (TPSA) is 82.9 Å². The summed E-state index contributed by atoms with van der Waals surface area (Å²) >= 11 is 0. The van der Waals surface area contributed by atoms with Crippen LogP contribution >= 0.6 is 0 Å². The Kier molecular flexibility index (Phi) is 6.73. The van der Waals surface area contributed by atoms with Gasteiger partial charge in [0.2, 0.25) is 0 Å². The predicted octanol–water partition coefficient (Wildman–Crippen LogP) is 3.33. The van der Waals surface area contributed by atoms with Gasteiger partial charge in [0.25, 0.3) is 10.0 Å². The maximum atomic E-state index is 13.6. The van der Waals surface area contributed by atoms with Crippen LogP contribution < -0.4 is 9.47 Å². The van der Waals surface area contributed by atoms with Crippen LogP contribution in [0.5, 0.6) is 11.5 Å². The largest absolute Gasteiger partial charge is 0.497 e. The molecule has 0 bridgehead atoms. The van der Waals surface area contributed by atoms with Gasteiger partial charge in [0, 0.05) is 24.7 Å². The molecule has 0 N–H and O–H groups in total. The van der Waals surface area contributed by atoms with E-state index in [2.05, 4.69) is 12.0 Å². The normalized spacial score (nSPS) is 15.3. The van der Waals surface area contributed by atoms with E-state index in [-0.39, 0.29) is 23.5 Å². The number of hydrogen-bond donors (Lipinski definition) is 0. The third-order valence-corrected chi connectivity index (χ3v) is 7.39. The number of nitrogens with zero attached hydrogens (tertiary/aromatic N) is 3. The van der Waals surface area contributed by atoms with Gasteiger partial charge in [0.1, 0.15) is 11.5 Å². The van der Waals surface area contributed by atoms with E-state index in [1.165, 1.54) is 4.31 Å². The Labute approximate surface area is 194 Å². The summed E-state index contributed by atoms with van der Waals surface area (Å²) in [6, 6.07) is 16.3. The van der Waals surface area contributed by atoms with Gasteiger partial charge in [-0.15, -0.1) is 0 Å². The number of benzene rings is 2. The minimum atomic E-state index is -3.84. The molecule has 33 heavy (non-hydrogen) atoms. The predicted molar refractivity (Wildman–Crippen MR) is 124 cm³/mol. The molecule has 1 aliphatic rings. The van der Waals surface area contributed by atoms with E-state index in [0.717, 1.165) is 22.6 Å². The molecule has 1 saturated heterocycles. The molecule has 4 rings (SSSR count). The van der Waals surface area contributed by atoms with Crippen LogP contribution in [0.2, 0.25) is 0 Å². The van der Waals surface area contributed by atoms with Crippen LogP contribution in [0.4, 0.5) is 0 Å². The molecule has 0 saturated carbocycles. The van der Waals surface area contributed by atoms with Crippen LogP contribution in [0.25, 0.3) is 0 Å². The van der Waals surface area contributed by atoms with Crippen molar-refractivity contribution < 1.29 is 22.6 Å². The molecule has 0 spiro atoms. The van der Waals surface area contributed by atoms with Gasteiger partial charge < -0.3 is 14.2 Å². The maximum absolute atomic E-state index is 13.6. The van der Waals surface area contributed by atoms with Crippen LogP contribution in [0.15, 0.2) is 65.8 Å². The lowest BCUT2D eigenvalue weighted by Crippen LogP contribution is -2.43. The molecular formula is C24H29N3O5S. The Morgan fingerprint density at radius 3 is 1.88 bits per heavy atom. The first-order chi connectivity index (χ1) is 15.8. The van der Waals surface area contributed by atoms with Crippen molar-refractivity contribution in [3.63, 3.8) is 0 Å². The van der Waals surface area contributed by atoms with Crippen LogP contribution in [-0.4, -0.2) is 49.9 Å². The van der Waals surface area contributed by atoms with Crippen molar-refractivity contribution in [2.75, 3.05) is 27.4 Å². The molecule has 1 aliphatic heterocycles. The smallest absolute Gasteiger partial charge is 0.262 e. The Bertz CT molecular complexity index is 1120. The molecule has 1 aromatic heterocycles. The number of aromatic nitrogens is 2. The summed E-state index contributed by atoms with van der Waals surface area (Å²) in [7, 11) is -0.646. The number of rotatable bonds is 10. The van der Waals surface area contributed by atoms with E-state index in [9.17, 15) is 8.42 Å². The fourth-order valence-corrected chi connectivity index (χ4v) is 5.07. The van der Waals surface area contributed by atoms with E-state index in [0.29, 0.717) is 19.8 Å². The SMILES string of the molecule is COc1ccc(CN(Cc2ccc(OC)cc2)S(=O)(=O)c2ccn(CC3(C)COC3)n2)cc1. The monoisotopic (exact) mass is 471 g/mol. The third-order valence-electron chi connectivity index (χ3n) is 5.70. The number of ether oxygens (including phenoxy) is 3. The Morgan fingerprint density at radius 2 is 1.45 bits per heavy atom. The molecule has 0 aliphatic carbocycles. The summed E-state index contributed by atoms with van der Waals surface area (Å²) in [5.41, 5.74) is 1.69. The standard InChI is InChI=1S/C24H29N3O5S/c1-24(17-32-18-24)16-26-13-12-23(25-26)33(28,29)27(14-19-4-8-21(30-2)9-5-19)15-20-6-10-22(31-3)11-7-20/h4-13H,14-18H2,1-3H3. The van der Waals surface area contributed by atoms with Crippen molar-refractivity contribution in [2.45, 2.75) is 31.6 Å². The summed E-state index contributed by atoms with van der Waals surface area (Å²) in [5.74, 6) is 1.44. The first-order valence-corrected chi connectivity index (χ1v) is 12.1. The number of sulfonamides is 1. The molecule has 2 heterocycles. The average Bonchev–Trinajstić information content (AvgIpc) is 3.28. The lowest BCUT2D eigenvalue weighted by molar-refractivity contribution is -0.111. The Morgan fingerprint density at radius 1 is 0.939 bits per heavy atom. The lowest BCUT2D eigenvalue weighted by Gasteiger charge is -2.37. The summed E-state index contributed by atoms with van der Waals surface area (Å²) in [5, 5.41) is 4.43. The molecular weight excluding hydrogens is 442 g/mol. The molecule has 2 aromatic carbocycles. The van der Waals surface area contributed by atoms with Crippen molar-refractivity contribution in [3.8, 4) is 11.5 Å². The minimum Gasteiger partial charge on any atom is -0.497 e. The summed E-state index contributed by atoms with van der Waals surface area (Å²) in [4.78, 5) is 0. The fraction of sp³-hybridized carbons (Fsp3) is 0.375. The summed E-state index contributed by atoms with van der Waals surface area (Å²) in [6.45, 7) is 4.42. The maximum Gasteiger partial charge on any atom is 0.262 e. The zero-order valence-electron chi connectivity index (χ0n) is 19.1. The molecule has 176 valence electrons. The quantitative estimate of drug-likeness (QED) is 0.451. The van der Waals surface area contributed by atoms with E-state index >= 15 is 0 Å². The zero-order valence-corrected chi connectivity index (χ0v) is 19.9. The third kappa shape index (κ3) is 5.38. The second-order valence-corrected chi connectivity index (χ2v) is 10.5. The van der Waals surface area contributed by atoms with Crippen LogP contribution in [0, 0.1) is 5.41 Å². The molecule has 0 amide bonds. The highest BCUT2D eigenvalue weighted by Gasteiger charge is 2.35. The second kappa shape index (κ2) is 9.54. The van der Waals surface area contributed by atoms with Gasteiger partial charge >= 0.3 is 0 Å². The Hall–Kier alpha value is -2.88. The lowest BCUT2D eigenvalue weighted by atomic mass is 9.89. The van der Waals surface area contributed by atoms with Gasteiger partial charge in [-0.2, -0.15) is 9.40 Å².